The predicted octanol–water partition coefficient (Wildman–Crippen LogP) is 0.689. The van der Waals surface area contributed by atoms with Crippen LogP contribution < -0.4 is 0 Å². The zero-order valence-corrected chi connectivity index (χ0v) is 12.6. The topological polar surface area (TPSA) is 110 Å². The van der Waals surface area contributed by atoms with Crippen LogP contribution in [-0.4, -0.2) is 61.5 Å². The van der Waals surface area contributed by atoms with Gasteiger partial charge in [0.25, 0.3) is 0 Å². The lowest BCUT2D eigenvalue weighted by molar-refractivity contribution is -0.137. The largest absolute Gasteiger partial charge is 0.481 e. The lowest BCUT2D eigenvalue weighted by atomic mass is 10.1. The molecule has 0 aliphatic carbocycles. The molecular formula is C13H19N5O4. The average Bonchev–Trinajstić information content (AvgIpc) is 2.91. The molecular weight excluding hydrogens is 290 g/mol. The predicted molar refractivity (Wildman–Crippen MR) is 75.8 cm³/mol. The van der Waals surface area contributed by atoms with Crippen LogP contribution in [0.5, 0.6) is 0 Å². The van der Waals surface area contributed by atoms with Crippen molar-refractivity contribution in [2.45, 2.75) is 32.3 Å². The molecule has 9 nitrogen and oxygen atoms in total. The van der Waals surface area contributed by atoms with Gasteiger partial charge in [0.2, 0.25) is 0 Å². The van der Waals surface area contributed by atoms with Gasteiger partial charge in [-0.2, -0.15) is 0 Å². The van der Waals surface area contributed by atoms with Gasteiger partial charge in [-0.15, -0.1) is 5.10 Å². The van der Waals surface area contributed by atoms with Crippen LogP contribution in [0.15, 0.2) is 6.08 Å². The van der Waals surface area contributed by atoms with Crippen molar-refractivity contribution in [3.63, 3.8) is 0 Å². The van der Waals surface area contributed by atoms with Gasteiger partial charge in [0.15, 0.2) is 5.82 Å². The van der Waals surface area contributed by atoms with Crippen LogP contribution in [0.4, 0.5) is 4.79 Å². The van der Waals surface area contributed by atoms with Crippen molar-refractivity contribution in [2.75, 3.05) is 13.1 Å². The molecule has 1 amide bonds. The number of hydrogen-bond acceptors (Lipinski definition) is 6. The molecule has 0 fully saturated rings. The lowest BCUT2D eigenvalue weighted by Crippen LogP contribution is -2.37. The molecule has 1 atom stereocenters. The van der Waals surface area contributed by atoms with Gasteiger partial charge in [-0.05, 0) is 30.2 Å². The van der Waals surface area contributed by atoms with Crippen LogP contribution in [0.25, 0.3) is 5.57 Å². The number of carboxylic acid groups (broad SMARTS) is 1. The second-order valence-corrected chi connectivity index (χ2v) is 5.19. The standard InChI is InChI=1S/C13H19N5O4/c1-9(5-6-11(19)20)22-13(21)18-7-3-4-10(8-18)12-14-15-16-17(12)2/h4,9H,3,5-8H2,1-2H3,(H,19,20). The van der Waals surface area contributed by atoms with Crippen molar-refractivity contribution in [2.24, 2.45) is 7.05 Å². The summed E-state index contributed by atoms with van der Waals surface area (Å²) >= 11 is 0. The first-order valence-corrected chi connectivity index (χ1v) is 7.06. The van der Waals surface area contributed by atoms with Crippen LogP contribution in [0, 0.1) is 0 Å². The third-order valence-electron chi connectivity index (χ3n) is 3.38. The number of hydrogen-bond donors (Lipinski definition) is 1. The molecule has 0 saturated carbocycles. The highest BCUT2D eigenvalue weighted by molar-refractivity contribution is 5.73. The number of carbonyl (C=O) groups is 2. The highest BCUT2D eigenvalue weighted by Crippen LogP contribution is 2.19. The van der Waals surface area contributed by atoms with E-state index in [0.717, 1.165) is 5.57 Å². The Balaban J connectivity index is 1.91. The molecule has 1 aliphatic rings. The second kappa shape index (κ2) is 7.01. The number of amides is 1. The number of carbonyl (C=O) groups excluding carboxylic acids is 1. The van der Waals surface area contributed by atoms with E-state index < -0.39 is 18.2 Å². The summed E-state index contributed by atoms with van der Waals surface area (Å²) in [6, 6.07) is 0. The van der Waals surface area contributed by atoms with Crippen molar-refractivity contribution in [3.05, 3.63) is 11.9 Å². The van der Waals surface area contributed by atoms with Crippen molar-refractivity contribution in [1.82, 2.24) is 25.1 Å². The molecule has 9 heteroatoms. The van der Waals surface area contributed by atoms with Crippen LogP contribution in [-0.2, 0) is 16.6 Å². The first kappa shape index (κ1) is 15.9. The van der Waals surface area contributed by atoms with Crippen molar-refractivity contribution < 1.29 is 19.4 Å². The number of aliphatic carboxylic acids is 1. The summed E-state index contributed by atoms with van der Waals surface area (Å²) in [6.45, 7) is 2.62. The number of aryl methyl sites for hydroxylation is 1. The molecule has 0 saturated heterocycles. The number of aromatic nitrogens is 4. The SMILES string of the molecule is CC(CCC(=O)O)OC(=O)N1CCC=C(c2nnnn2C)C1. The van der Waals surface area contributed by atoms with E-state index in [2.05, 4.69) is 15.5 Å². The van der Waals surface area contributed by atoms with Gasteiger partial charge in [-0.25, -0.2) is 9.48 Å². The van der Waals surface area contributed by atoms with E-state index in [9.17, 15) is 9.59 Å². The van der Waals surface area contributed by atoms with Crippen LogP contribution in [0.2, 0.25) is 0 Å². The minimum absolute atomic E-state index is 0.0236. The first-order valence-electron chi connectivity index (χ1n) is 7.06. The minimum atomic E-state index is -0.902. The van der Waals surface area contributed by atoms with Crippen molar-refractivity contribution >= 4 is 17.6 Å². The quantitative estimate of drug-likeness (QED) is 0.851. The summed E-state index contributed by atoms with van der Waals surface area (Å²) in [4.78, 5) is 24.2. The Morgan fingerprint density at radius 1 is 1.50 bits per heavy atom. The molecule has 0 radical (unpaired) electrons. The maximum atomic E-state index is 12.1. The average molecular weight is 309 g/mol. The van der Waals surface area contributed by atoms with E-state index in [1.54, 1.807) is 23.6 Å². The van der Waals surface area contributed by atoms with E-state index >= 15 is 0 Å². The molecule has 1 aromatic rings. The molecule has 2 rings (SSSR count). The number of nitrogens with zero attached hydrogens (tertiary/aromatic N) is 5. The summed E-state index contributed by atoms with van der Waals surface area (Å²) in [7, 11) is 1.74. The fourth-order valence-electron chi connectivity index (χ4n) is 2.20. The summed E-state index contributed by atoms with van der Waals surface area (Å²) < 4.78 is 6.83. The number of ether oxygens (including phenoxy) is 1. The number of carboxylic acids is 1. The maximum absolute atomic E-state index is 12.1. The Morgan fingerprint density at radius 2 is 2.27 bits per heavy atom. The zero-order valence-electron chi connectivity index (χ0n) is 12.6. The second-order valence-electron chi connectivity index (χ2n) is 5.19. The maximum Gasteiger partial charge on any atom is 0.410 e. The fraction of sp³-hybridized carbons (Fsp3) is 0.615. The Bertz CT molecular complexity index is 583. The van der Waals surface area contributed by atoms with E-state index in [4.69, 9.17) is 9.84 Å². The smallest absolute Gasteiger partial charge is 0.410 e. The molecule has 0 aromatic carbocycles. The van der Waals surface area contributed by atoms with E-state index in [0.29, 0.717) is 31.8 Å². The lowest BCUT2D eigenvalue weighted by Gasteiger charge is -2.27. The molecule has 1 N–H and O–H groups in total. The van der Waals surface area contributed by atoms with Gasteiger partial charge < -0.3 is 14.7 Å². The van der Waals surface area contributed by atoms with Gasteiger partial charge in [0.05, 0.1) is 6.54 Å². The number of tetrazole rings is 1. The van der Waals surface area contributed by atoms with Crippen molar-refractivity contribution in [3.8, 4) is 0 Å². The van der Waals surface area contributed by atoms with Gasteiger partial charge in [-0.1, -0.05) is 6.08 Å². The summed E-state index contributed by atoms with van der Waals surface area (Å²) in [5.74, 6) is -0.280. The highest BCUT2D eigenvalue weighted by Gasteiger charge is 2.24. The summed E-state index contributed by atoms with van der Waals surface area (Å²) in [6.07, 6.45) is 2.09. The van der Waals surface area contributed by atoms with E-state index in [-0.39, 0.29) is 6.42 Å². The third-order valence-corrected chi connectivity index (χ3v) is 3.38. The Hall–Kier alpha value is -2.45. The summed E-state index contributed by atoms with van der Waals surface area (Å²) in [5, 5.41) is 19.9. The van der Waals surface area contributed by atoms with E-state index in [1.165, 1.54) is 0 Å². The third kappa shape index (κ3) is 4.03. The molecule has 22 heavy (non-hydrogen) atoms. The van der Waals surface area contributed by atoms with Crippen molar-refractivity contribution in [1.29, 1.82) is 0 Å². The zero-order chi connectivity index (χ0) is 16.1. The highest BCUT2D eigenvalue weighted by atomic mass is 16.6. The Labute approximate surface area is 127 Å². The van der Waals surface area contributed by atoms with Gasteiger partial charge >= 0.3 is 12.1 Å². The van der Waals surface area contributed by atoms with Gasteiger partial charge in [0, 0.05) is 25.6 Å². The van der Waals surface area contributed by atoms with E-state index in [1.807, 2.05) is 6.08 Å². The van der Waals surface area contributed by atoms with Crippen LogP contribution in [0.3, 0.4) is 0 Å². The van der Waals surface area contributed by atoms with Gasteiger partial charge in [0.1, 0.15) is 6.10 Å². The monoisotopic (exact) mass is 309 g/mol. The minimum Gasteiger partial charge on any atom is -0.481 e. The van der Waals surface area contributed by atoms with Crippen LogP contribution in [0.1, 0.15) is 32.0 Å². The molecule has 0 bridgehead atoms. The molecule has 1 aromatic heterocycles. The van der Waals surface area contributed by atoms with Crippen LogP contribution >= 0.6 is 0 Å². The normalized spacial score (nSPS) is 16.1. The molecule has 0 spiro atoms. The summed E-state index contributed by atoms with van der Waals surface area (Å²) in [5.41, 5.74) is 0.869. The molecule has 2 heterocycles. The Morgan fingerprint density at radius 3 is 2.91 bits per heavy atom. The molecule has 120 valence electrons. The Kier molecular flexibility index (Phi) is 5.08. The molecule has 1 unspecified atom stereocenters. The van der Waals surface area contributed by atoms with Gasteiger partial charge in [-0.3, -0.25) is 4.79 Å². The fourth-order valence-corrected chi connectivity index (χ4v) is 2.20. The number of rotatable bonds is 5. The first-order chi connectivity index (χ1) is 10.5. The molecule has 1 aliphatic heterocycles.